The molecule has 2 saturated heterocycles. The lowest BCUT2D eigenvalue weighted by Gasteiger charge is -2.36. The summed E-state index contributed by atoms with van der Waals surface area (Å²) in [6.07, 6.45) is 0. The van der Waals surface area contributed by atoms with Crippen molar-refractivity contribution < 1.29 is 8.42 Å². The zero-order valence-electron chi connectivity index (χ0n) is 18.0. The molecule has 0 N–H and O–H groups in total. The van der Waals surface area contributed by atoms with Gasteiger partial charge in [0.25, 0.3) is 0 Å². The molecule has 2 fully saturated rings. The van der Waals surface area contributed by atoms with Crippen molar-refractivity contribution in [1.82, 2.24) is 19.2 Å². The van der Waals surface area contributed by atoms with Crippen molar-refractivity contribution in [2.24, 2.45) is 0 Å². The maximum atomic E-state index is 12.9. The third-order valence-corrected chi connectivity index (χ3v) is 7.96. The van der Waals surface area contributed by atoms with Gasteiger partial charge in [-0.05, 0) is 31.7 Å². The van der Waals surface area contributed by atoms with Crippen LogP contribution in [0.5, 0.6) is 0 Å². The maximum Gasteiger partial charge on any atom is 0.218 e. The Balaban J connectivity index is 1.41. The molecule has 0 atom stereocenters. The second kappa shape index (κ2) is 9.28. The molecular formula is C21H29ClN6O2S. The fourth-order valence-corrected chi connectivity index (χ4v) is 5.62. The molecule has 0 saturated carbocycles. The van der Waals surface area contributed by atoms with Crippen molar-refractivity contribution in [3.63, 3.8) is 0 Å². The number of hydrogen-bond acceptors (Lipinski definition) is 7. The van der Waals surface area contributed by atoms with E-state index >= 15 is 0 Å². The Morgan fingerprint density at radius 1 is 0.871 bits per heavy atom. The molecule has 1 aromatic heterocycles. The number of hydrogen-bond donors (Lipinski definition) is 0. The molecule has 0 spiro atoms. The lowest BCUT2D eigenvalue weighted by Crippen LogP contribution is -2.49. The summed E-state index contributed by atoms with van der Waals surface area (Å²) in [7, 11) is -1.24. The number of benzene rings is 1. The highest BCUT2D eigenvalue weighted by molar-refractivity contribution is 7.88. The molecule has 0 radical (unpaired) electrons. The summed E-state index contributed by atoms with van der Waals surface area (Å²) in [4.78, 5) is 16.0. The topological polar surface area (TPSA) is 72.9 Å². The van der Waals surface area contributed by atoms with E-state index in [1.54, 1.807) is 28.6 Å². The lowest BCUT2D eigenvalue weighted by atomic mass is 10.2. The molecule has 168 valence electrons. The second-order valence-electron chi connectivity index (χ2n) is 8.19. The fourth-order valence-electron chi connectivity index (χ4n) is 3.97. The van der Waals surface area contributed by atoms with E-state index in [0.717, 1.165) is 49.2 Å². The summed E-state index contributed by atoms with van der Waals surface area (Å²) < 4.78 is 27.3. The van der Waals surface area contributed by atoms with Crippen LogP contribution in [0.3, 0.4) is 0 Å². The molecule has 2 aliphatic heterocycles. The van der Waals surface area contributed by atoms with Crippen LogP contribution in [0.15, 0.2) is 30.3 Å². The molecule has 8 nitrogen and oxygen atoms in total. The zero-order chi connectivity index (χ0) is 22.0. The Morgan fingerprint density at radius 3 is 1.94 bits per heavy atom. The van der Waals surface area contributed by atoms with Gasteiger partial charge in [0.2, 0.25) is 10.0 Å². The van der Waals surface area contributed by atoms with Crippen LogP contribution in [0.25, 0.3) is 0 Å². The van der Waals surface area contributed by atoms with Crippen molar-refractivity contribution >= 4 is 33.3 Å². The number of anilines is 2. The maximum absolute atomic E-state index is 12.9. The van der Waals surface area contributed by atoms with E-state index in [1.165, 1.54) is 0 Å². The van der Waals surface area contributed by atoms with Crippen molar-refractivity contribution in [3.05, 3.63) is 46.7 Å². The number of sulfonamides is 1. The minimum absolute atomic E-state index is 0.00958. The number of aromatic nitrogens is 2. The van der Waals surface area contributed by atoms with E-state index in [2.05, 4.69) is 31.7 Å². The van der Waals surface area contributed by atoms with Gasteiger partial charge in [0.05, 0.1) is 5.75 Å². The number of nitrogens with zero attached hydrogens (tertiary/aromatic N) is 6. The summed E-state index contributed by atoms with van der Waals surface area (Å²) in [6, 6.07) is 9.01. The highest BCUT2D eigenvalue weighted by Crippen LogP contribution is 2.23. The van der Waals surface area contributed by atoms with E-state index in [9.17, 15) is 8.42 Å². The smallest absolute Gasteiger partial charge is 0.218 e. The highest BCUT2D eigenvalue weighted by atomic mass is 35.5. The Labute approximate surface area is 189 Å². The Hall–Kier alpha value is -1.94. The van der Waals surface area contributed by atoms with Gasteiger partial charge in [-0.1, -0.05) is 23.7 Å². The second-order valence-corrected chi connectivity index (χ2v) is 10.6. The highest BCUT2D eigenvalue weighted by Gasteiger charge is 2.28. The summed E-state index contributed by atoms with van der Waals surface area (Å²) in [5.74, 6) is 2.55. The van der Waals surface area contributed by atoms with Gasteiger partial charge in [-0.2, -0.15) is 4.31 Å². The minimum Gasteiger partial charge on any atom is -0.354 e. The van der Waals surface area contributed by atoms with Crippen molar-refractivity contribution in [3.8, 4) is 0 Å². The number of aryl methyl sites for hydroxylation is 1. The minimum atomic E-state index is -3.38. The standard InChI is InChI=1S/C21H29ClN6O2S/c1-17-23-20(26-9-7-25(2)8-10-26)15-21(24-17)27-11-13-28(14-12-27)31(29,30)16-18-3-5-19(22)6-4-18/h3-6,15H,7-14,16H2,1-2H3. The predicted octanol–water partition coefficient (Wildman–Crippen LogP) is 1.84. The fraction of sp³-hybridized carbons (Fsp3) is 0.524. The molecule has 1 aromatic carbocycles. The van der Waals surface area contributed by atoms with E-state index in [1.807, 2.05) is 13.0 Å². The van der Waals surface area contributed by atoms with Gasteiger partial charge < -0.3 is 14.7 Å². The van der Waals surface area contributed by atoms with Gasteiger partial charge >= 0.3 is 0 Å². The van der Waals surface area contributed by atoms with Crippen LogP contribution in [0, 0.1) is 6.92 Å². The average molecular weight is 465 g/mol. The summed E-state index contributed by atoms with van der Waals surface area (Å²) >= 11 is 5.90. The van der Waals surface area contributed by atoms with Gasteiger partial charge in [-0.3, -0.25) is 0 Å². The molecule has 0 bridgehead atoms. The molecule has 2 aliphatic rings. The molecule has 2 aromatic rings. The summed E-state index contributed by atoms with van der Waals surface area (Å²) in [6.45, 7) is 7.95. The van der Waals surface area contributed by atoms with Crippen molar-refractivity contribution in [2.45, 2.75) is 12.7 Å². The first kappa shape index (κ1) is 22.3. The van der Waals surface area contributed by atoms with Gasteiger partial charge in [-0.15, -0.1) is 0 Å². The van der Waals surface area contributed by atoms with Crippen LogP contribution >= 0.6 is 11.6 Å². The first-order valence-electron chi connectivity index (χ1n) is 10.6. The zero-order valence-corrected chi connectivity index (χ0v) is 19.6. The summed E-state index contributed by atoms with van der Waals surface area (Å²) in [5.41, 5.74) is 0.745. The third kappa shape index (κ3) is 5.46. The van der Waals surface area contributed by atoms with E-state index < -0.39 is 10.0 Å². The van der Waals surface area contributed by atoms with Crippen molar-refractivity contribution in [1.29, 1.82) is 0 Å². The van der Waals surface area contributed by atoms with Crippen LogP contribution in [0.1, 0.15) is 11.4 Å². The quantitative estimate of drug-likeness (QED) is 0.668. The largest absolute Gasteiger partial charge is 0.354 e. The van der Waals surface area contributed by atoms with Crippen LogP contribution in [0.4, 0.5) is 11.6 Å². The number of halogens is 1. The number of piperazine rings is 2. The van der Waals surface area contributed by atoms with Crippen LogP contribution in [0.2, 0.25) is 5.02 Å². The average Bonchev–Trinajstić information content (AvgIpc) is 2.75. The molecule has 3 heterocycles. The van der Waals surface area contributed by atoms with Gasteiger partial charge in [0.1, 0.15) is 17.5 Å². The first-order valence-corrected chi connectivity index (χ1v) is 12.6. The molecular weight excluding hydrogens is 436 g/mol. The van der Waals surface area contributed by atoms with E-state index in [4.69, 9.17) is 11.6 Å². The van der Waals surface area contributed by atoms with Gasteiger partial charge in [0.15, 0.2) is 0 Å². The predicted molar refractivity (Wildman–Crippen MR) is 124 cm³/mol. The molecule has 0 aliphatic carbocycles. The third-order valence-electron chi connectivity index (χ3n) is 5.86. The monoisotopic (exact) mass is 464 g/mol. The number of rotatable bonds is 5. The molecule has 10 heteroatoms. The molecule has 0 amide bonds. The molecule has 0 unspecified atom stereocenters. The van der Waals surface area contributed by atoms with Gasteiger partial charge in [-0.25, -0.2) is 18.4 Å². The molecule has 4 rings (SSSR count). The number of likely N-dealkylation sites (N-methyl/N-ethyl adjacent to an activating group) is 1. The van der Waals surface area contributed by atoms with E-state index in [-0.39, 0.29) is 5.75 Å². The van der Waals surface area contributed by atoms with Gasteiger partial charge in [0, 0.05) is 63.4 Å². The Bertz CT molecular complexity index is 1000. The SMILES string of the molecule is Cc1nc(N2CCN(C)CC2)cc(N2CCN(S(=O)(=O)Cc3ccc(Cl)cc3)CC2)n1. The van der Waals surface area contributed by atoms with Crippen LogP contribution < -0.4 is 9.80 Å². The first-order chi connectivity index (χ1) is 14.8. The Morgan fingerprint density at radius 2 is 1.39 bits per heavy atom. The molecule has 31 heavy (non-hydrogen) atoms. The Kier molecular flexibility index (Phi) is 6.66. The van der Waals surface area contributed by atoms with Crippen LogP contribution in [-0.4, -0.2) is 87.0 Å². The summed E-state index contributed by atoms with van der Waals surface area (Å²) in [5, 5.41) is 0.603. The lowest BCUT2D eigenvalue weighted by molar-refractivity contribution is 0.312. The van der Waals surface area contributed by atoms with Crippen LogP contribution in [-0.2, 0) is 15.8 Å². The van der Waals surface area contributed by atoms with Crippen molar-refractivity contribution in [2.75, 3.05) is 69.2 Å². The normalized spacial score (nSPS) is 19.1. The van der Waals surface area contributed by atoms with E-state index in [0.29, 0.717) is 31.2 Å².